The summed E-state index contributed by atoms with van der Waals surface area (Å²) in [4.78, 5) is 3.21. The maximum Gasteiger partial charge on any atom is 0.166 e. The highest BCUT2D eigenvalue weighted by Gasteiger charge is 2.16. The first kappa shape index (κ1) is 22.1. The van der Waals surface area contributed by atoms with E-state index < -0.39 is 0 Å². The first-order chi connectivity index (χ1) is 12.3. The molecule has 0 aliphatic rings. The molecule has 0 saturated heterocycles. The SMILES string of the molecule is CC.CC(C)C.CCCOc1c(N)cc(Cl)c2c1[nH]c1ccc(F)cc12. The van der Waals surface area contributed by atoms with Crippen LogP contribution in [-0.4, -0.2) is 11.6 Å². The van der Waals surface area contributed by atoms with Crippen molar-refractivity contribution in [1.82, 2.24) is 4.98 Å². The van der Waals surface area contributed by atoms with Crippen molar-refractivity contribution >= 4 is 39.1 Å². The predicted molar refractivity (Wildman–Crippen MR) is 113 cm³/mol. The highest BCUT2D eigenvalue weighted by molar-refractivity contribution is 6.38. The Labute approximate surface area is 160 Å². The van der Waals surface area contributed by atoms with Gasteiger partial charge in [-0.1, -0.05) is 53.1 Å². The minimum Gasteiger partial charge on any atom is -0.489 e. The zero-order chi connectivity index (χ0) is 19.9. The highest BCUT2D eigenvalue weighted by atomic mass is 35.5. The molecule has 1 aromatic heterocycles. The van der Waals surface area contributed by atoms with Crippen molar-refractivity contribution in [1.29, 1.82) is 0 Å². The van der Waals surface area contributed by atoms with E-state index in [1.54, 1.807) is 12.1 Å². The minimum absolute atomic E-state index is 0.303. The monoisotopic (exact) mass is 380 g/mol. The van der Waals surface area contributed by atoms with Crippen molar-refractivity contribution in [3.8, 4) is 5.75 Å². The van der Waals surface area contributed by atoms with E-state index in [0.29, 0.717) is 28.6 Å². The number of nitrogens with two attached hydrogens (primary N) is 1. The minimum atomic E-state index is -0.303. The lowest BCUT2D eigenvalue weighted by molar-refractivity contribution is 0.322. The zero-order valence-electron chi connectivity index (χ0n) is 16.5. The summed E-state index contributed by atoms with van der Waals surface area (Å²) < 4.78 is 19.1. The van der Waals surface area contributed by atoms with Crippen molar-refractivity contribution in [3.05, 3.63) is 35.1 Å². The van der Waals surface area contributed by atoms with Gasteiger partial charge < -0.3 is 15.5 Å². The summed E-state index contributed by atoms with van der Waals surface area (Å²) in [5, 5.41) is 1.95. The number of fused-ring (bicyclic) bond motifs is 3. The van der Waals surface area contributed by atoms with Gasteiger partial charge in [-0.05, 0) is 36.6 Å². The molecule has 3 nitrogen and oxygen atoms in total. The molecule has 0 spiro atoms. The van der Waals surface area contributed by atoms with Gasteiger partial charge in [0.1, 0.15) is 5.82 Å². The number of aromatic nitrogens is 1. The Balaban J connectivity index is 0.000000500. The normalized spacial score (nSPS) is 10.3. The van der Waals surface area contributed by atoms with Gasteiger partial charge in [0.25, 0.3) is 0 Å². The van der Waals surface area contributed by atoms with Gasteiger partial charge in [-0.2, -0.15) is 0 Å². The van der Waals surface area contributed by atoms with Crippen LogP contribution < -0.4 is 10.5 Å². The molecule has 3 N–H and O–H groups in total. The van der Waals surface area contributed by atoms with E-state index in [1.165, 1.54) is 12.1 Å². The van der Waals surface area contributed by atoms with Gasteiger partial charge in [0.2, 0.25) is 0 Å². The van der Waals surface area contributed by atoms with Crippen molar-refractivity contribution in [2.45, 2.75) is 48.0 Å². The Morgan fingerprint density at radius 3 is 2.38 bits per heavy atom. The summed E-state index contributed by atoms with van der Waals surface area (Å²) >= 11 is 6.26. The molecule has 0 aliphatic carbocycles. The number of ether oxygens (including phenoxy) is 1. The van der Waals surface area contributed by atoms with Crippen LogP contribution in [0.2, 0.25) is 5.02 Å². The third-order valence-electron chi connectivity index (χ3n) is 3.22. The Kier molecular flexibility index (Phi) is 8.73. The second-order valence-corrected chi connectivity index (χ2v) is 6.83. The van der Waals surface area contributed by atoms with Crippen LogP contribution in [0.25, 0.3) is 21.8 Å². The van der Waals surface area contributed by atoms with E-state index in [0.717, 1.165) is 28.6 Å². The molecule has 0 unspecified atom stereocenters. The highest BCUT2D eigenvalue weighted by Crippen LogP contribution is 2.40. The van der Waals surface area contributed by atoms with E-state index in [4.69, 9.17) is 22.1 Å². The molecular formula is C21H30ClFN2O. The van der Waals surface area contributed by atoms with Gasteiger partial charge in [0.05, 0.1) is 22.8 Å². The number of H-pyrrole nitrogens is 1. The first-order valence-corrected chi connectivity index (χ1v) is 9.54. The molecule has 5 heteroatoms. The molecule has 0 saturated carbocycles. The average Bonchev–Trinajstić information content (AvgIpc) is 2.95. The Hall–Kier alpha value is -1.94. The van der Waals surface area contributed by atoms with Gasteiger partial charge >= 0.3 is 0 Å². The fraction of sp³-hybridized carbons (Fsp3) is 0.429. The molecule has 3 aromatic rings. The van der Waals surface area contributed by atoms with Crippen LogP contribution in [0.15, 0.2) is 24.3 Å². The molecule has 0 amide bonds. The third-order valence-corrected chi connectivity index (χ3v) is 3.52. The van der Waals surface area contributed by atoms with Crippen molar-refractivity contribution < 1.29 is 9.13 Å². The Morgan fingerprint density at radius 1 is 1.19 bits per heavy atom. The van der Waals surface area contributed by atoms with Gasteiger partial charge in [-0.15, -0.1) is 0 Å². The van der Waals surface area contributed by atoms with Gasteiger partial charge in [0, 0.05) is 16.3 Å². The van der Waals surface area contributed by atoms with E-state index in [-0.39, 0.29) is 5.82 Å². The van der Waals surface area contributed by atoms with E-state index in [2.05, 4.69) is 25.8 Å². The summed E-state index contributed by atoms with van der Waals surface area (Å²) in [6.45, 7) is 13.1. The standard InChI is InChI=1S/C15H14ClFN2O.C4H10.C2H6/c1-2-5-20-15-11(18)7-10(16)13-9-6-8(17)3-4-12(9)19-14(13)15;1-4(2)3;1-2/h3-4,6-7,19H,2,5,18H2,1H3;4H,1-3H3;1-2H3. The summed E-state index contributed by atoms with van der Waals surface area (Å²) in [5.41, 5.74) is 7.96. The van der Waals surface area contributed by atoms with Gasteiger partial charge in [-0.3, -0.25) is 0 Å². The molecule has 26 heavy (non-hydrogen) atoms. The fourth-order valence-corrected chi connectivity index (χ4v) is 2.67. The van der Waals surface area contributed by atoms with Crippen LogP contribution in [0.5, 0.6) is 5.75 Å². The third kappa shape index (κ3) is 5.28. The summed E-state index contributed by atoms with van der Waals surface area (Å²) in [5.74, 6) is 1.10. The van der Waals surface area contributed by atoms with Gasteiger partial charge in [-0.25, -0.2) is 4.39 Å². The number of hydrogen-bond acceptors (Lipinski definition) is 2. The lowest BCUT2D eigenvalue weighted by Crippen LogP contribution is -2.00. The maximum atomic E-state index is 13.4. The smallest absolute Gasteiger partial charge is 0.166 e. The number of anilines is 1. The number of nitrogen functional groups attached to an aromatic ring is 1. The van der Waals surface area contributed by atoms with Crippen LogP contribution in [0.3, 0.4) is 0 Å². The summed E-state index contributed by atoms with van der Waals surface area (Å²) in [6, 6.07) is 6.19. The second kappa shape index (κ2) is 10.3. The molecule has 0 radical (unpaired) electrons. The lowest BCUT2D eigenvalue weighted by Gasteiger charge is -2.10. The summed E-state index contributed by atoms with van der Waals surface area (Å²) in [6.07, 6.45) is 0.873. The average molecular weight is 381 g/mol. The first-order valence-electron chi connectivity index (χ1n) is 9.16. The van der Waals surface area contributed by atoms with Crippen molar-refractivity contribution in [2.75, 3.05) is 12.3 Å². The Bertz CT molecular complexity index is 840. The molecular weight excluding hydrogens is 351 g/mol. The molecule has 3 rings (SSSR count). The number of hydrogen-bond donors (Lipinski definition) is 2. The lowest BCUT2D eigenvalue weighted by atomic mass is 10.1. The van der Waals surface area contributed by atoms with E-state index >= 15 is 0 Å². The molecule has 144 valence electrons. The largest absolute Gasteiger partial charge is 0.489 e. The predicted octanol–water partition coefficient (Wildman–Crippen LogP) is 7.17. The second-order valence-electron chi connectivity index (χ2n) is 6.42. The fourth-order valence-electron chi connectivity index (χ4n) is 2.36. The maximum absolute atomic E-state index is 13.4. The van der Waals surface area contributed by atoms with E-state index in [9.17, 15) is 4.39 Å². The molecule has 0 fully saturated rings. The Morgan fingerprint density at radius 2 is 1.81 bits per heavy atom. The quantitative estimate of drug-likeness (QED) is 0.473. The van der Waals surface area contributed by atoms with Crippen molar-refractivity contribution in [2.24, 2.45) is 5.92 Å². The molecule has 0 aliphatic heterocycles. The molecule has 0 bridgehead atoms. The number of aromatic amines is 1. The number of benzene rings is 2. The van der Waals surface area contributed by atoms with Gasteiger partial charge in [0.15, 0.2) is 5.75 Å². The van der Waals surface area contributed by atoms with Crippen LogP contribution in [0.1, 0.15) is 48.0 Å². The van der Waals surface area contributed by atoms with Crippen LogP contribution >= 0.6 is 11.6 Å². The molecule has 0 atom stereocenters. The number of rotatable bonds is 3. The number of halogens is 2. The zero-order valence-corrected chi connectivity index (χ0v) is 17.3. The number of nitrogens with one attached hydrogen (secondary N) is 1. The summed E-state index contributed by atoms with van der Waals surface area (Å²) in [7, 11) is 0. The van der Waals surface area contributed by atoms with Crippen LogP contribution in [-0.2, 0) is 0 Å². The molecule has 2 aromatic carbocycles. The molecule has 1 heterocycles. The topological polar surface area (TPSA) is 51.0 Å². The van der Waals surface area contributed by atoms with E-state index in [1.807, 2.05) is 20.8 Å². The van der Waals surface area contributed by atoms with Crippen LogP contribution in [0.4, 0.5) is 10.1 Å². The van der Waals surface area contributed by atoms with Crippen molar-refractivity contribution in [3.63, 3.8) is 0 Å². The van der Waals surface area contributed by atoms with Crippen LogP contribution in [0, 0.1) is 11.7 Å².